The van der Waals surface area contributed by atoms with Crippen LogP contribution in [0, 0.1) is 17.5 Å². The highest BCUT2D eigenvalue weighted by atomic mass is 19.1. The Hall–Kier alpha value is -3.23. The normalized spacial score (nSPS) is 12.1. The van der Waals surface area contributed by atoms with Crippen LogP contribution >= 0.6 is 0 Å². The third kappa shape index (κ3) is 7.02. The monoisotopic (exact) mass is 409 g/mol. The maximum Gasteiger partial charge on any atom is 0.408 e. The first-order valence-electron chi connectivity index (χ1n) is 8.76. The minimum Gasteiger partial charge on any atom is -0.444 e. The molecule has 0 aliphatic carbocycles. The van der Waals surface area contributed by atoms with Gasteiger partial charge in [-0.3, -0.25) is 4.79 Å². The summed E-state index contributed by atoms with van der Waals surface area (Å²) < 4.78 is 45.5. The minimum absolute atomic E-state index is 0.0310. The Morgan fingerprint density at radius 3 is 2.14 bits per heavy atom. The zero-order valence-electron chi connectivity index (χ0n) is 16.4. The lowest BCUT2D eigenvalue weighted by atomic mass is 10.2. The van der Waals surface area contributed by atoms with E-state index in [0.29, 0.717) is 6.07 Å². The zero-order valence-corrected chi connectivity index (χ0v) is 16.4. The maximum absolute atomic E-state index is 13.7. The van der Waals surface area contributed by atoms with Crippen molar-refractivity contribution >= 4 is 29.1 Å². The van der Waals surface area contributed by atoms with E-state index in [1.807, 2.05) is 0 Å². The molecule has 0 saturated carbocycles. The van der Waals surface area contributed by atoms with Crippen LogP contribution in [0.3, 0.4) is 0 Å². The second kappa shape index (κ2) is 8.85. The van der Waals surface area contributed by atoms with Crippen molar-refractivity contribution in [2.24, 2.45) is 0 Å². The number of nitrogens with one attached hydrogen (secondary N) is 3. The minimum atomic E-state index is -0.964. The fourth-order valence-electron chi connectivity index (χ4n) is 2.30. The van der Waals surface area contributed by atoms with Crippen molar-refractivity contribution in [3.05, 3.63) is 53.8 Å². The number of benzene rings is 2. The molecule has 2 aromatic carbocycles. The summed E-state index contributed by atoms with van der Waals surface area (Å²) in [6.07, 6.45) is -0.771. The van der Waals surface area contributed by atoms with Crippen LogP contribution in [-0.4, -0.2) is 23.6 Å². The van der Waals surface area contributed by atoms with Gasteiger partial charge in [-0.15, -0.1) is 0 Å². The Balaban J connectivity index is 2.14. The third-order valence-corrected chi connectivity index (χ3v) is 3.51. The Kier molecular flexibility index (Phi) is 6.73. The Morgan fingerprint density at radius 2 is 1.55 bits per heavy atom. The highest BCUT2D eigenvalue weighted by Crippen LogP contribution is 2.27. The number of alkyl carbamates (subject to hydrolysis) is 1. The van der Waals surface area contributed by atoms with E-state index in [9.17, 15) is 22.8 Å². The number of carbonyl (C=O) groups is 2. The summed E-state index contributed by atoms with van der Waals surface area (Å²) in [5, 5.41) is 7.58. The van der Waals surface area contributed by atoms with Crippen molar-refractivity contribution in [2.75, 3.05) is 10.6 Å². The van der Waals surface area contributed by atoms with E-state index in [0.717, 1.165) is 24.3 Å². The number of rotatable bonds is 5. The van der Waals surface area contributed by atoms with Gasteiger partial charge in [-0.1, -0.05) is 0 Å². The van der Waals surface area contributed by atoms with Crippen molar-refractivity contribution in [1.82, 2.24) is 5.32 Å². The van der Waals surface area contributed by atoms with Crippen LogP contribution < -0.4 is 16.0 Å². The number of anilines is 3. The molecule has 2 amide bonds. The lowest BCUT2D eigenvalue weighted by molar-refractivity contribution is -0.117. The summed E-state index contributed by atoms with van der Waals surface area (Å²) in [5.74, 6) is -2.85. The Morgan fingerprint density at radius 1 is 0.931 bits per heavy atom. The smallest absolute Gasteiger partial charge is 0.408 e. The SMILES string of the molecule is C[C@H](NC(=O)OC(C)(C)C)C(=O)Nc1ccc(F)cc1Nc1cc(F)cc(F)c1. The highest BCUT2D eigenvalue weighted by molar-refractivity contribution is 5.99. The summed E-state index contributed by atoms with van der Waals surface area (Å²) in [6.45, 7) is 6.49. The van der Waals surface area contributed by atoms with Gasteiger partial charge in [0, 0.05) is 11.8 Å². The molecule has 0 heterocycles. The molecule has 0 spiro atoms. The molecule has 156 valence electrons. The van der Waals surface area contributed by atoms with Gasteiger partial charge >= 0.3 is 6.09 Å². The van der Waals surface area contributed by atoms with Crippen molar-refractivity contribution in [3.8, 4) is 0 Å². The zero-order chi connectivity index (χ0) is 21.8. The molecule has 0 unspecified atom stereocenters. The molecule has 0 radical (unpaired) electrons. The van der Waals surface area contributed by atoms with Crippen LogP contribution in [0.5, 0.6) is 0 Å². The molecule has 9 heteroatoms. The summed E-state index contributed by atoms with van der Waals surface area (Å²) in [5.41, 5.74) is -0.468. The quantitative estimate of drug-likeness (QED) is 0.669. The van der Waals surface area contributed by atoms with Crippen molar-refractivity contribution in [1.29, 1.82) is 0 Å². The first-order chi connectivity index (χ1) is 13.4. The lowest BCUT2D eigenvalue weighted by Gasteiger charge is -2.22. The predicted octanol–water partition coefficient (Wildman–Crippen LogP) is 4.70. The molecule has 2 rings (SSSR count). The molecule has 0 aliphatic heterocycles. The first-order valence-corrected chi connectivity index (χ1v) is 8.76. The van der Waals surface area contributed by atoms with Gasteiger partial charge in [-0.2, -0.15) is 0 Å². The lowest BCUT2D eigenvalue weighted by Crippen LogP contribution is -2.44. The largest absolute Gasteiger partial charge is 0.444 e. The van der Waals surface area contributed by atoms with Crippen LogP contribution in [0.15, 0.2) is 36.4 Å². The van der Waals surface area contributed by atoms with E-state index in [4.69, 9.17) is 4.74 Å². The summed E-state index contributed by atoms with van der Waals surface area (Å²) in [4.78, 5) is 24.2. The molecule has 2 aromatic rings. The molecule has 0 aliphatic rings. The first kappa shape index (κ1) is 22.1. The van der Waals surface area contributed by atoms with Crippen LogP contribution in [0.2, 0.25) is 0 Å². The van der Waals surface area contributed by atoms with E-state index < -0.39 is 41.1 Å². The molecule has 29 heavy (non-hydrogen) atoms. The van der Waals surface area contributed by atoms with Crippen molar-refractivity contribution < 1.29 is 27.5 Å². The molecular formula is C20H22F3N3O3. The number of ether oxygens (including phenoxy) is 1. The second-order valence-corrected chi connectivity index (χ2v) is 7.33. The summed E-state index contributed by atoms with van der Waals surface area (Å²) in [7, 11) is 0. The average molecular weight is 409 g/mol. The molecule has 6 nitrogen and oxygen atoms in total. The summed E-state index contributed by atoms with van der Waals surface area (Å²) >= 11 is 0. The summed E-state index contributed by atoms with van der Waals surface area (Å²) in [6, 6.07) is 5.23. The standard InChI is InChI=1S/C20H22F3N3O3/c1-11(24-19(28)29-20(2,3)4)18(27)26-16-6-5-12(21)10-17(16)25-15-8-13(22)7-14(23)9-15/h5-11,25H,1-4H3,(H,24,28)(H,26,27)/t11-/m0/s1. The van der Waals surface area contributed by atoms with Gasteiger partial charge in [0.15, 0.2) is 0 Å². The third-order valence-electron chi connectivity index (χ3n) is 3.51. The van der Waals surface area contributed by atoms with E-state index in [2.05, 4.69) is 16.0 Å². The topological polar surface area (TPSA) is 79.5 Å². The number of hydrogen-bond donors (Lipinski definition) is 3. The molecular weight excluding hydrogens is 387 g/mol. The van der Waals surface area contributed by atoms with Gasteiger partial charge in [0.25, 0.3) is 0 Å². The Labute approximate surface area is 166 Å². The highest BCUT2D eigenvalue weighted by Gasteiger charge is 2.21. The van der Waals surface area contributed by atoms with Gasteiger partial charge in [0.1, 0.15) is 29.1 Å². The molecule has 0 bridgehead atoms. The predicted molar refractivity (Wildman–Crippen MR) is 104 cm³/mol. The average Bonchev–Trinajstić information content (AvgIpc) is 2.54. The van der Waals surface area contributed by atoms with Gasteiger partial charge in [0.2, 0.25) is 5.91 Å². The molecule has 1 atom stereocenters. The molecule has 0 fully saturated rings. The van der Waals surface area contributed by atoms with Gasteiger partial charge in [-0.25, -0.2) is 18.0 Å². The van der Waals surface area contributed by atoms with E-state index in [1.54, 1.807) is 20.8 Å². The van der Waals surface area contributed by atoms with E-state index >= 15 is 0 Å². The van der Waals surface area contributed by atoms with Crippen LogP contribution in [0.1, 0.15) is 27.7 Å². The van der Waals surface area contributed by atoms with Gasteiger partial charge < -0.3 is 20.7 Å². The van der Waals surface area contributed by atoms with E-state index in [-0.39, 0.29) is 17.1 Å². The number of halogens is 3. The molecule has 0 aromatic heterocycles. The number of hydrogen-bond acceptors (Lipinski definition) is 4. The Bertz CT molecular complexity index is 893. The van der Waals surface area contributed by atoms with E-state index in [1.165, 1.54) is 13.0 Å². The van der Waals surface area contributed by atoms with Gasteiger partial charge in [-0.05, 0) is 58.0 Å². The van der Waals surface area contributed by atoms with Gasteiger partial charge in [0.05, 0.1) is 11.4 Å². The fraction of sp³-hybridized carbons (Fsp3) is 0.300. The second-order valence-electron chi connectivity index (χ2n) is 7.33. The van der Waals surface area contributed by atoms with Crippen LogP contribution in [-0.2, 0) is 9.53 Å². The van der Waals surface area contributed by atoms with Crippen molar-refractivity contribution in [2.45, 2.75) is 39.3 Å². The number of carbonyl (C=O) groups excluding carboxylic acids is 2. The van der Waals surface area contributed by atoms with Crippen LogP contribution in [0.4, 0.5) is 35.0 Å². The van der Waals surface area contributed by atoms with Crippen molar-refractivity contribution in [3.63, 3.8) is 0 Å². The molecule has 3 N–H and O–H groups in total. The maximum atomic E-state index is 13.7. The van der Waals surface area contributed by atoms with Crippen LogP contribution in [0.25, 0.3) is 0 Å². The number of amides is 2. The fourth-order valence-corrected chi connectivity index (χ4v) is 2.30. The molecule has 0 saturated heterocycles.